The fourth-order valence-electron chi connectivity index (χ4n) is 0.991. The highest BCUT2D eigenvalue weighted by atomic mass is 16.5. The predicted molar refractivity (Wildman–Crippen MR) is 41.5 cm³/mol. The highest BCUT2D eigenvalue weighted by molar-refractivity contribution is 5.08. The van der Waals surface area contributed by atoms with E-state index in [0.29, 0.717) is 11.7 Å². The zero-order valence-corrected chi connectivity index (χ0v) is 7.24. The Balaban J connectivity index is 2.25. The second-order valence-electron chi connectivity index (χ2n) is 3.64. The molecule has 1 saturated carbocycles. The van der Waals surface area contributed by atoms with Crippen LogP contribution in [0.5, 0.6) is 0 Å². The fraction of sp³-hybridized carbons (Fsp3) is 0.750. The zero-order chi connectivity index (χ0) is 8.77. The summed E-state index contributed by atoms with van der Waals surface area (Å²) in [6.07, 6.45) is 1.49. The lowest BCUT2D eigenvalue weighted by molar-refractivity contribution is 0.108. The van der Waals surface area contributed by atoms with Crippen LogP contribution in [0.3, 0.4) is 0 Å². The molecule has 1 N–H and O–H groups in total. The van der Waals surface area contributed by atoms with Gasteiger partial charge < -0.3 is 9.63 Å². The normalized spacial score (nSPS) is 20.0. The van der Waals surface area contributed by atoms with Gasteiger partial charge in [0.25, 0.3) is 5.89 Å². The number of nitrogens with zero attached hydrogens (tertiary/aromatic N) is 2. The Labute approximate surface area is 70.6 Å². The number of aliphatic hydroxyl groups is 1. The van der Waals surface area contributed by atoms with Crippen molar-refractivity contribution in [3.63, 3.8) is 0 Å². The summed E-state index contributed by atoms with van der Waals surface area (Å²) in [6.45, 7) is 3.98. The highest BCUT2D eigenvalue weighted by Gasteiger charge is 2.47. The number of hydrogen-bond acceptors (Lipinski definition) is 4. The molecule has 0 atom stereocenters. The summed E-state index contributed by atoms with van der Waals surface area (Å²) in [4.78, 5) is 4.12. The Morgan fingerprint density at radius 2 is 2.17 bits per heavy atom. The first kappa shape index (κ1) is 7.73. The van der Waals surface area contributed by atoms with E-state index in [1.54, 1.807) is 0 Å². The molecule has 4 heteroatoms. The van der Waals surface area contributed by atoms with E-state index in [0.717, 1.165) is 12.8 Å². The Morgan fingerprint density at radius 1 is 1.50 bits per heavy atom. The lowest BCUT2D eigenvalue weighted by atomic mass is 10.2. The van der Waals surface area contributed by atoms with Crippen LogP contribution in [0.1, 0.15) is 44.3 Å². The lowest BCUT2D eigenvalue weighted by Gasteiger charge is -1.97. The number of rotatable bonds is 2. The first-order valence-electron chi connectivity index (χ1n) is 4.18. The molecular weight excluding hydrogens is 156 g/mol. The van der Waals surface area contributed by atoms with Crippen molar-refractivity contribution in [2.24, 2.45) is 0 Å². The summed E-state index contributed by atoms with van der Waals surface area (Å²) < 4.78 is 4.94. The third kappa shape index (κ3) is 1.12. The molecule has 0 amide bonds. The van der Waals surface area contributed by atoms with E-state index >= 15 is 0 Å². The molecule has 0 radical (unpaired) electrons. The van der Waals surface area contributed by atoms with Crippen LogP contribution in [0.2, 0.25) is 0 Å². The average molecular weight is 168 g/mol. The van der Waals surface area contributed by atoms with Crippen LogP contribution in [0.15, 0.2) is 4.52 Å². The van der Waals surface area contributed by atoms with Crippen LogP contribution < -0.4 is 0 Å². The minimum atomic E-state index is -0.792. The molecule has 1 fully saturated rings. The minimum absolute atomic E-state index is 0.254. The van der Waals surface area contributed by atoms with E-state index in [1.807, 2.05) is 13.8 Å². The Kier molecular flexibility index (Phi) is 1.48. The molecule has 0 saturated heterocycles. The summed E-state index contributed by atoms with van der Waals surface area (Å²) in [5.41, 5.74) is -0.792. The SMILES string of the molecule is CC(C)c1noc(C2(O)CC2)n1. The maximum atomic E-state index is 9.60. The number of aromatic nitrogens is 2. The van der Waals surface area contributed by atoms with Gasteiger partial charge in [-0.2, -0.15) is 4.98 Å². The van der Waals surface area contributed by atoms with Gasteiger partial charge in [-0.25, -0.2) is 0 Å². The topological polar surface area (TPSA) is 59.2 Å². The predicted octanol–water partition coefficient (Wildman–Crippen LogP) is 1.17. The van der Waals surface area contributed by atoms with Crippen LogP contribution in [0.4, 0.5) is 0 Å². The van der Waals surface area contributed by atoms with Crippen molar-refractivity contribution in [1.82, 2.24) is 10.1 Å². The van der Waals surface area contributed by atoms with Crippen molar-refractivity contribution in [3.8, 4) is 0 Å². The molecule has 0 unspecified atom stereocenters. The van der Waals surface area contributed by atoms with E-state index in [4.69, 9.17) is 4.52 Å². The van der Waals surface area contributed by atoms with Gasteiger partial charge in [-0.15, -0.1) is 0 Å². The van der Waals surface area contributed by atoms with Crippen molar-refractivity contribution in [3.05, 3.63) is 11.7 Å². The van der Waals surface area contributed by atoms with E-state index in [9.17, 15) is 5.11 Å². The summed E-state index contributed by atoms with van der Waals surface area (Å²) in [5, 5.41) is 13.4. The first-order chi connectivity index (χ1) is 5.62. The largest absolute Gasteiger partial charge is 0.380 e. The molecule has 1 aromatic heterocycles. The Hall–Kier alpha value is -0.900. The van der Waals surface area contributed by atoms with Crippen LogP contribution in [0.25, 0.3) is 0 Å². The van der Waals surface area contributed by atoms with E-state index in [1.165, 1.54) is 0 Å². The monoisotopic (exact) mass is 168 g/mol. The van der Waals surface area contributed by atoms with Crippen molar-refractivity contribution >= 4 is 0 Å². The van der Waals surface area contributed by atoms with E-state index in [2.05, 4.69) is 10.1 Å². The third-order valence-corrected chi connectivity index (χ3v) is 2.08. The van der Waals surface area contributed by atoms with Gasteiger partial charge in [-0.3, -0.25) is 0 Å². The van der Waals surface area contributed by atoms with Gasteiger partial charge in [0.1, 0.15) is 5.60 Å². The summed E-state index contributed by atoms with van der Waals surface area (Å²) in [5.74, 6) is 1.31. The third-order valence-electron chi connectivity index (χ3n) is 2.08. The van der Waals surface area contributed by atoms with Gasteiger partial charge in [0, 0.05) is 5.92 Å². The standard InChI is InChI=1S/C8H12N2O2/c1-5(2)6-9-7(12-10-6)8(11)3-4-8/h5,11H,3-4H2,1-2H3. The quantitative estimate of drug-likeness (QED) is 0.720. The molecule has 66 valence electrons. The lowest BCUT2D eigenvalue weighted by Crippen LogP contribution is -2.04. The summed E-state index contributed by atoms with van der Waals surface area (Å²) in [6, 6.07) is 0. The Morgan fingerprint density at radius 3 is 2.58 bits per heavy atom. The molecule has 1 heterocycles. The van der Waals surface area contributed by atoms with Gasteiger partial charge in [0.2, 0.25) is 0 Å². The fourth-order valence-corrected chi connectivity index (χ4v) is 0.991. The van der Waals surface area contributed by atoms with Gasteiger partial charge >= 0.3 is 0 Å². The summed E-state index contributed by atoms with van der Waals surface area (Å²) >= 11 is 0. The average Bonchev–Trinajstić information content (AvgIpc) is 2.61. The van der Waals surface area contributed by atoms with E-state index < -0.39 is 5.60 Å². The van der Waals surface area contributed by atoms with Crippen LogP contribution in [-0.2, 0) is 5.60 Å². The maximum absolute atomic E-state index is 9.60. The molecule has 1 aliphatic carbocycles. The molecule has 1 aliphatic rings. The van der Waals surface area contributed by atoms with Crippen molar-refractivity contribution in [2.75, 3.05) is 0 Å². The van der Waals surface area contributed by atoms with Crippen molar-refractivity contribution in [2.45, 2.75) is 38.2 Å². The van der Waals surface area contributed by atoms with E-state index in [-0.39, 0.29) is 5.92 Å². The van der Waals surface area contributed by atoms with Gasteiger partial charge in [-0.1, -0.05) is 19.0 Å². The van der Waals surface area contributed by atoms with Gasteiger partial charge in [0.05, 0.1) is 0 Å². The Bertz CT molecular complexity index is 289. The van der Waals surface area contributed by atoms with Gasteiger partial charge in [0.15, 0.2) is 5.82 Å². The second kappa shape index (κ2) is 2.29. The van der Waals surface area contributed by atoms with Crippen molar-refractivity contribution < 1.29 is 9.63 Å². The van der Waals surface area contributed by atoms with Gasteiger partial charge in [-0.05, 0) is 12.8 Å². The first-order valence-corrected chi connectivity index (χ1v) is 4.18. The zero-order valence-electron chi connectivity index (χ0n) is 7.24. The van der Waals surface area contributed by atoms with Crippen LogP contribution in [-0.4, -0.2) is 15.2 Å². The maximum Gasteiger partial charge on any atom is 0.258 e. The highest BCUT2D eigenvalue weighted by Crippen LogP contribution is 2.44. The summed E-state index contributed by atoms with van der Waals surface area (Å²) in [7, 11) is 0. The molecule has 12 heavy (non-hydrogen) atoms. The molecule has 0 bridgehead atoms. The smallest absolute Gasteiger partial charge is 0.258 e. The molecule has 1 aromatic rings. The molecule has 4 nitrogen and oxygen atoms in total. The second-order valence-corrected chi connectivity index (χ2v) is 3.64. The molecule has 2 rings (SSSR count). The van der Waals surface area contributed by atoms with Crippen LogP contribution in [0, 0.1) is 0 Å². The molecule has 0 spiro atoms. The molecular formula is C8H12N2O2. The molecule has 0 aliphatic heterocycles. The number of hydrogen-bond donors (Lipinski definition) is 1. The molecule has 0 aromatic carbocycles. The van der Waals surface area contributed by atoms with Crippen LogP contribution >= 0.6 is 0 Å². The van der Waals surface area contributed by atoms with Crippen molar-refractivity contribution in [1.29, 1.82) is 0 Å². The minimum Gasteiger partial charge on any atom is -0.380 e.